The second-order valence-corrected chi connectivity index (χ2v) is 3.77. The fourth-order valence-electron chi connectivity index (χ4n) is 1.00. The number of hydrogen-bond donors (Lipinski definition) is 1. The fraction of sp³-hybridized carbons (Fsp3) is 0.500. The number of carbonyl (C=O) groups excluding carboxylic acids is 1. The van der Waals surface area contributed by atoms with Gasteiger partial charge in [-0.2, -0.15) is 5.10 Å². The summed E-state index contributed by atoms with van der Waals surface area (Å²) in [5.41, 5.74) is 5.80. The van der Waals surface area contributed by atoms with Crippen molar-refractivity contribution in [1.82, 2.24) is 9.78 Å². The summed E-state index contributed by atoms with van der Waals surface area (Å²) in [6.07, 6.45) is 1.54. The molecule has 1 heterocycles. The number of aromatic nitrogens is 2. The summed E-state index contributed by atoms with van der Waals surface area (Å²) in [7, 11) is 0. The summed E-state index contributed by atoms with van der Waals surface area (Å²) < 4.78 is 2.45. The van der Waals surface area contributed by atoms with Gasteiger partial charge in [0.25, 0.3) is 0 Å². The summed E-state index contributed by atoms with van der Waals surface area (Å²) in [4.78, 5) is 11.3. The van der Waals surface area contributed by atoms with E-state index in [1.165, 1.54) is 0 Å². The smallest absolute Gasteiger partial charge is 0.180 e. The highest BCUT2D eigenvalue weighted by Gasteiger charge is 2.14. The van der Waals surface area contributed by atoms with Crippen LogP contribution in [0.5, 0.6) is 0 Å². The van der Waals surface area contributed by atoms with Gasteiger partial charge in [0.2, 0.25) is 0 Å². The SMILES string of the molecule is CC(C)n1ncc(C(=O)CN)c1Br. The summed E-state index contributed by atoms with van der Waals surface area (Å²) >= 11 is 3.32. The zero-order valence-electron chi connectivity index (χ0n) is 7.62. The van der Waals surface area contributed by atoms with Gasteiger partial charge in [0.05, 0.1) is 18.3 Å². The standard InChI is InChI=1S/C8H12BrN3O/c1-5(2)12-8(9)6(4-11-12)7(13)3-10/h4-5H,3,10H2,1-2H3. The van der Waals surface area contributed by atoms with E-state index in [0.717, 1.165) is 0 Å². The number of Topliss-reactive ketones (excluding diaryl/α,β-unsaturated/α-hetero) is 1. The van der Waals surface area contributed by atoms with E-state index >= 15 is 0 Å². The van der Waals surface area contributed by atoms with Gasteiger partial charge < -0.3 is 5.73 Å². The molecule has 0 aromatic carbocycles. The number of ketones is 1. The third-order valence-electron chi connectivity index (χ3n) is 1.71. The Kier molecular flexibility index (Phi) is 3.22. The van der Waals surface area contributed by atoms with Gasteiger partial charge in [0.15, 0.2) is 5.78 Å². The zero-order chi connectivity index (χ0) is 10.0. The van der Waals surface area contributed by atoms with E-state index in [1.54, 1.807) is 10.9 Å². The van der Waals surface area contributed by atoms with Crippen LogP contribution in [0.4, 0.5) is 0 Å². The fourth-order valence-corrected chi connectivity index (χ4v) is 1.83. The van der Waals surface area contributed by atoms with Crippen molar-refractivity contribution < 1.29 is 4.79 Å². The molecule has 5 heteroatoms. The summed E-state index contributed by atoms with van der Waals surface area (Å²) in [6, 6.07) is 0.230. The van der Waals surface area contributed by atoms with Gasteiger partial charge in [0, 0.05) is 6.04 Å². The largest absolute Gasteiger partial charge is 0.324 e. The maximum atomic E-state index is 11.3. The van der Waals surface area contributed by atoms with E-state index in [1.807, 2.05) is 13.8 Å². The maximum Gasteiger partial charge on any atom is 0.180 e. The molecule has 1 aromatic heterocycles. The molecular weight excluding hydrogens is 234 g/mol. The maximum absolute atomic E-state index is 11.3. The Bertz CT molecular complexity index is 319. The Labute approximate surface area is 85.2 Å². The Morgan fingerprint density at radius 2 is 2.38 bits per heavy atom. The van der Waals surface area contributed by atoms with E-state index < -0.39 is 0 Å². The number of carbonyl (C=O) groups is 1. The molecule has 0 bridgehead atoms. The van der Waals surface area contributed by atoms with Crippen LogP contribution in [0.25, 0.3) is 0 Å². The lowest BCUT2D eigenvalue weighted by Gasteiger charge is -2.06. The first-order valence-electron chi connectivity index (χ1n) is 4.04. The predicted molar refractivity (Wildman–Crippen MR) is 53.7 cm³/mol. The molecule has 13 heavy (non-hydrogen) atoms. The van der Waals surface area contributed by atoms with Crippen molar-refractivity contribution in [2.75, 3.05) is 6.54 Å². The van der Waals surface area contributed by atoms with Crippen molar-refractivity contribution in [2.45, 2.75) is 19.9 Å². The zero-order valence-corrected chi connectivity index (χ0v) is 9.21. The molecule has 0 aliphatic heterocycles. The van der Waals surface area contributed by atoms with Crippen LogP contribution in [0.1, 0.15) is 30.2 Å². The predicted octanol–water partition coefficient (Wildman–Crippen LogP) is 1.37. The van der Waals surface area contributed by atoms with Crippen LogP contribution >= 0.6 is 15.9 Å². The van der Waals surface area contributed by atoms with Gasteiger partial charge in [-0.15, -0.1) is 0 Å². The van der Waals surface area contributed by atoms with Crippen LogP contribution in [-0.2, 0) is 0 Å². The Hall–Kier alpha value is -0.680. The third kappa shape index (κ3) is 1.97. The van der Waals surface area contributed by atoms with Crippen LogP contribution in [0.15, 0.2) is 10.8 Å². The van der Waals surface area contributed by atoms with Gasteiger partial charge in [-0.1, -0.05) is 0 Å². The van der Waals surface area contributed by atoms with Crippen molar-refractivity contribution in [3.8, 4) is 0 Å². The second-order valence-electron chi connectivity index (χ2n) is 3.01. The van der Waals surface area contributed by atoms with Crippen LogP contribution in [-0.4, -0.2) is 22.1 Å². The van der Waals surface area contributed by atoms with Crippen molar-refractivity contribution in [1.29, 1.82) is 0 Å². The van der Waals surface area contributed by atoms with Crippen molar-refractivity contribution in [2.24, 2.45) is 5.73 Å². The molecule has 1 aromatic rings. The molecule has 0 radical (unpaired) electrons. The van der Waals surface area contributed by atoms with Crippen LogP contribution < -0.4 is 5.73 Å². The molecular formula is C8H12BrN3O. The van der Waals surface area contributed by atoms with Gasteiger partial charge in [-0.05, 0) is 29.8 Å². The van der Waals surface area contributed by atoms with E-state index in [-0.39, 0.29) is 18.4 Å². The average molecular weight is 246 g/mol. The van der Waals surface area contributed by atoms with Gasteiger partial charge in [0.1, 0.15) is 4.60 Å². The lowest BCUT2D eigenvalue weighted by atomic mass is 10.2. The molecule has 0 unspecified atom stereocenters. The topological polar surface area (TPSA) is 60.9 Å². The highest BCUT2D eigenvalue weighted by atomic mass is 79.9. The molecule has 0 saturated carbocycles. The highest BCUT2D eigenvalue weighted by Crippen LogP contribution is 2.20. The number of nitrogens with two attached hydrogens (primary N) is 1. The van der Waals surface area contributed by atoms with E-state index in [0.29, 0.717) is 10.2 Å². The average Bonchev–Trinajstić information content (AvgIpc) is 2.46. The lowest BCUT2D eigenvalue weighted by molar-refractivity contribution is 0.100. The first-order chi connectivity index (χ1) is 6.07. The third-order valence-corrected chi connectivity index (χ3v) is 2.50. The first-order valence-corrected chi connectivity index (χ1v) is 4.83. The minimum atomic E-state index is -0.0984. The Morgan fingerprint density at radius 1 is 1.77 bits per heavy atom. The van der Waals surface area contributed by atoms with E-state index in [2.05, 4.69) is 21.0 Å². The number of nitrogens with zero attached hydrogens (tertiary/aromatic N) is 2. The molecule has 72 valence electrons. The van der Waals surface area contributed by atoms with Crippen molar-refractivity contribution >= 4 is 21.7 Å². The number of rotatable bonds is 3. The minimum absolute atomic E-state index is 0.0163. The molecule has 4 nitrogen and oxygen atoms in total. The molecule has 0 aliphatic carbocycles. The van der Waals surface area contributed by atoms with Crippen molar-refractivity contribution in [3.05, 3.63) is 16.4 Å². The quantitative estimate of drug-likeness (QED) is 0.819. The van der Waals surface area contributed by atoms with E-state index in [9.17, 15) is 4.79 Å². The molecule has 0 atom stereocenters. The minimum Gasteiger partial charge on any atom is -0.324 e. The summed E-state index contributed by atoms with van der Waals surface area (Å²) in [5.74, 6) is -0.0984. The summed E-state index contributed by atoms with van der Waals surface area (Å²) in [6.45, 7) is 4.01. The lowest BCUT2D eigenvalue weighted by Crippen LogP contribution is -2.13. The second kappa shape index (κ2) is 4.02. The molecule has 0 aliphatic rings. The summed E-state index contributed by atoms with van der Waals surface area (Å²) in [5, 5.41) is 4.08. The first kappa shape index (κ1) is 10.4. The number of hydrogen-bond acceptors (Lipinski definition) is 3. The van der Waals surface area contributed by atoms with Crippen molar-refractivity contribution in [3.63, 3.8) is 0 Å². The van der Waals surface area contributed by atoms with E-state index in [4.69, 9.17) is 5.73 Å². The normalized spacial score (nSPS) is 10.8. The van der Waals surface area contributed by atoms with Gasteiger partial charge >= 0.3 is 0 Å². The Morgan fingerprint density at radius 3 is 2.77 bits per heavy atom. The van der Waals surface area contributed by atoms with Crippen LogP contribution in [0.3, 0.4) is 0 Å². The molecule has 0 amide bonds. The highest BCUT2D eigenvalue weighted by molar-refractivity contribution is 9.10. The Balaban J connectivity index is 3.06. The van der Waals surface area contributed by atoms with Crippen LogP contribution in [0.2, 0.25) is 0 Å². The van der Waals surface area contributed by atoms with Crippen LogP contribution in [0, 0.1) is 0 Å². The number of halogens is 1. The molecule has 0 fully saturated rings. The molecule has 1 rings (SSSR count). The molecule has 0 spiro atoms. The van der Waals surface area contributed by atoms with Gasteiger partial charge in [-0.25, -0.2) is 0 Å². The monoisotopic (exact) mass is 245 g/mol. The molecule has 2 N–H and O–H groups in total. The van der Waals surface area contributed by atoms with Gasteiger partial charge in [-0.3, -0.25) is 9.48 Å². The molecule has 0 saturated heterocycles.